The summed E-state index contributed by atoms with van der Waals surface area (Å²) in [6.07, 6.45) is 11.2. The second kappa shape index (κ2) is 8.92. The van der Waals surface area contributed by atoms with Gasteiger partial charge in [0, 0.05) is 19.8 Å². The van der Waals surface area contributed by atoms with Crippen LogP contribution in [0.5, 0.6) is 0 Å². The van der Waals surface area contributed by atoms with E-state index in [0.717, 1.165) is 32.0 Å². The van der Waals surface area contributed by atoms with Crippen molar-refractivity contribution < 1.29 is 9.84 Å². The molecule has 0 amide bonds. The second-order valence-electron chi connectivity index (χ2n) is 6.11. The van der Waals surface area contributed by atoms with Gasteiger partial charge in [0.15, 0.2) is 0 Å². The van der Waals surface area contributed by atoms with Crippen LogP contribution in [-0.4, -0.2) is 24.9 Å². The van der Waals surface area contributed by atoms with Gasteiger partial charge in [0.1, 0.15) is 0 Å². The fraction of sp³-hybridized carbons (Fsp3) is 1.00. The lowest BCUT2D eigenvalue weighted by Gasteiger charge is -2.39. The molecule has 0 spiro atoms. The van der Waals surface area contributed by atoms with Crippen molar-refractivity contribution in [1.82, 2.24) is 0 Å². The molecule has 0 saturated heterocycles. The average molecular weight is 256 g/mol. The third-order valence-electron chi connectivity index (χ3n) is 4.59. The summed E-state index contributed by atoms with van der Waals surface area (Å²) in [5.41, 5.74) is 0.177. The van der Waals surface area contributed by atoms with E-state index in [9.17, 15) is 5.11 Å². The Hall–Kier alpha value is -0.0800. The van der Waals surface area contributed by atoms with E-state index in [0.29, 0.717) is 6.61 Å². The molecular formula is C16H32O2. The van der Waals surface area contributed by atoms with Crippen molar-refractivity contribution in [3.8, 4) is 0 Å². The van der Waals surface area contributed by atoms with Gasteiger partial charge in [-0.3, -0.25) is 0 Å². The number of hydrogen-bond acceptors (Lipinski definition) is 2. The van der Waals surface area contributed by atoms with Crippen molar-refractivity contribution in [2.75, 3.05) is 19.8 Å². The van der Waals surface area contributed by atoms with Crippen molar-refractivity contribution in [3.05, 3.63) is 0 Å². The Morgan fingerprint density at radius 3 is 2.39 bits per heavy atom. The number of rotatable bonds is 9. The predicted molar refractivity (Wildman–Crippen MR) is 76.7 cm³/mol. The first-order valence-electron chi connectivity index (χ1n) is 7.95. The van der Waals surface area contributed by atoms with Gasteiger partial charge in [-0.1, -0.05) is 33.1 Å². The topological polar surface area (TPSA) is 29.5 Å². The molecule has 0 aromatic rings. The molecule has 0 bridgehead atoms. The third kappa shape index (κ3) is 5.27. The first-order chi connectivity index (χ1) is 8.76. The summed E-state index contributed by atoms with van der Waals surface area (Å²) in [7, 11) is 0. The van der Waals surface area contributed by atoms with E-state index in [1.54, 1.807) is 0 Å². The monoisotopic (exact) mass is 256 g/mol. The molecule has 0 aromatic heterocycles. The first kappa shape index (κ1) is 16.0. The third-order valence-corrected chi connectivity index (χ3v) is 4.59. The molecule has 1 rings (SSSR count). The maximum absolute atomic E-state index is 9.70. The minimum absolute atomic E-state index is 0.177. The molecule has 1 fully saturated rings. The fourth-order valence-corrected chi connectivity index (χ4v) is 3.09. The standard InChI is InChI=1S/C16H32O2/c1-3-5-6-15-7-9-16(14-17,10-8-15)11-13-18-12-4-2/h15,17H,3-14H2,1-2H3. The lowest BCUT2D eigenvalue weighted by Crippen LogP contribution is -2.32. The van der Waals surface area contributed by atoms with Gasteiger partial charge in [-0.25, -0.2) is 0 Å². The van der Waals surface area contributed by atoms with E-state index in [4.69, 9.17) is 4.74 Å². The first-order valence-corrected chi connectivity index (χ1v) is 7.95. The molecule has 0 unspecified atom stereocenters. The summed E-state index contributed by atoms with van der Waals surface area (Å²) in [4.78, 5) is 0. The highest BCUT2D eigenvalue weighted by atomic mass is 16.5. The van der Waals surface area contributed by atoms with Crippen molar-refractivity contribution >= 4 is 0 Å². The van der Waals surface area contributed by atoms with Crippen molar-refractivity contribution in [3.63, 3.8) is 0 Å². The maximum atomic E-state index is 9.70. The van der Waals surface area contributed by atoms with Crippen LogP contribution in [0, 0.1) is 11.3 Å². The Bertz CT molecular complexity index is 195. The Labute approximate surface area is 113 Å². The molecule has 1 saturated carbocycles. The van der Waals surface area contributed by atoms with Crippen LogP contribution in [0.1, 0.15) is 71.6 Å². The van der Waals surface area contributed by atoms with Gasteiger partial charge in [-0.2, -0.15) is 0 Å². The lowest BCUT2D eigenvalue weighted by molar-refractivity contribution is 0.0198. The van der Waals surface area contributed by atoms with Crippen LogP contribution in [0.2, 0.25) is 0 Å². The Morgan fingerprint density at radius 2 is 1.83 bits per heavy atom. The van der Waals surface area contributed by atoms with Crippen LogP contribution >= 0.6 is 0 Å². The van der Waals surface area contributed by atoms with Crippen molar-refractivity contribution in [2.24, 2.45) is 11.3 Å². The minimum Gasteiger partial charge on any atom is -0.396 e. The fourth-order valence-electron chi connectivity index (χ4n) is 3.09. The summed E-state index contributed by atoms with van der Waals surface area (Å²) < 4.78 is 5.59. The Balaban J connectivity index is 2.26. The van der Waals surface area contributed by atoms with Gasteiger partial charge < -0.3 is 9.84 Å². The zero-order valence-electron chi connectivity index (χ0n) is 12.4. The molecule has 0 aromatic carbocycles. The highest BCUT2D eigenvalue weighted by Crippen LogP contribution is 2.42. The van der Waals surface area contributed by atoms with Crippen LogP contribution < -0.4 is 0 Å². The van der Waals surface area contributed by atoms with Crippen molar-refractivity contribution in [2.45, 2.75) is 71.6 Å². The number of aliphatic hydroxyl groups excluding tert-OH is 1. The van der Waals surface area contributed by atoms with Crippen LogP contribution in [-0.2, 0) is 4.74 Å². The van der Waals surface area contributed by atoms with Crippen molar-refractivity contribution in [1.29, 1.82) is 0 Å². The Kier molecular flexibility index (Phi) is 7.92. The Morgan fingerprint density at radius 1 is 1.11 bits per heavy atom. The van der Waals surface area contributed by atoms with Crippen LogP contribution in [0.3, 0.4) is 0 Å². The van der Waals surface area contributed by atoms with Crippen LogP contribution in [0.25, 0.3) is 0 Å². The summed E-state index contributed by atoms with van der Waals surface area (Å²) in [6.45, 7) is 6.45. The average Bonchev–Trinajstić information content (AvgIpc) is 2.43. The molecule has 1 N–H and O–H groups in total. The highest BCUT2D eigenvalue weighted by Gasteiger charge is 2.34. The quantitative estimate of drug-likeness (QED) is 0.628. The van der Waals surface area contributed by atoms with Gasteiger partial charge >= 0.3 is 0 Å². The maximum Gasteiger partial charge on any atom is 0.0488 e. The summed E-state index contributed by atoms with van der Waals surface area (Å²) in [5.74, 6) is 0.918. The van der Waals surface area contributed by atoms with E-state index < -0.39 is 0 Å². The predicted octanol–water partition coefficient (Wildman–Crippen LogP) is 4.16. The van der Waals surface area contributed by atoms with E-state index in [1.165, 1.54) is 44.9 Å². The number of unbranched alkanes of at least 4 members (excludes halogenated alkanes) is 1. The van der Waals surface area contributed by atoms with Gasteiger partial charge in [0.25, 0.3) is 0 Å². The molecule has 108 valence electrons. The molecule has 0 heterocycles. The molecule has 0 aliphatic heterocycles. The smallest absolute Gasteiger partial charge is 0.0488 e. The summed E-state index contributed by atoms with van der Waals surface area (Å²) >= 11 is 0. The molecule has 1 aliphatic rings. The number of hydrogen-bond donors (Lipinski definition) is 1. The zero-order valence-corrected chi connectivity index (χ0v) is 12.4. The normalized spacial score (nSPS) is 28.5. The largest absolute Gasteiger partial charge is 0.396 e. The molecule has 1 aliphatic carbocycles. The SMILES string of the molecule is CCCCC1CCC(CO)(CCOCCC)CC1. The molecule has 0 radical (unpaired) electrons. The van der Waals surface area contributed by atoms with Crippen LogP contribution in [0.4, 0.5) is 0 Å². The van der Waals surface area contributed by atoms with Gasteiger partial charge in [0.05, 0.1) is 0 Å². The van der Waals surface area contributed by atoms with Gasteiger partial charge in [0.2, 0.25) is 0 Å². The van der Waals surface area contributed by atoms with E-state index in [1.807, 2.05) is 0 Å². The van der Waals surface area contributed by atoms with Crippen LogP contribution in [0.15, 0.2) is 0 Å². The van der Waals surface area contributed by atoms with Gasteiger partial charge in [-0.05, 0) is 49.9 Å². The van der Waals surface area contributed by atoms with E-state index in [-0.39, 0.29) is 5.41 Å². The highest BCUT2D eigenvalue weighted by molar-refractivity contribution is 4.85. The summed E-state index contributed by atoms with van der Waals surface area (Å²) in [5, 5.41) is 9.70. The summed E-state index contributed by atoms with van der Waals surface area (Å²) in [6, 6.07) is 0. The molecular weight excluding hydrogens is 224 g/mol. The van der Waals surface area contributed by atoms with E-state index in [2.05, 4.69) is 13.8 Å². The number of aliphatic hydroxyl groups is 1. The minimum atomic E-state index is 0.177. The molecule has 0 atom stereocenters. The second-order valence-corrected chi connectivity index (χ2v) is 6.11. The molecule has 18 heavy (non-hydrogen) atoms. The molecule has 2 heteroatoms. The zero-order chi connectivity index (χ0) is 13.3. The van der Waals surface area contributed by atoms with E-state index >= 15 is 0 Å². The number of ether oxygens (including phenoxy) is 1. The van der Waals surface area contributed by atoms with Gasteiger partial charge in [-0.15, -0.1) is 0 Å². The lowest BCUT2D eigenvalue weighted by atomic mass is 9.68. The molecule has 2 nitrogen and oxygen atoms in total.